The maximum absolute atomic E-state index is 5.79. The predicted octanol–water partition coefficient (Wildman–Crippen LogP) is 3.07. The second kappa shape index (κ2) is 6.43. The van der Waals surface area contributed by atoms with Gasteiger partial charge in [0.15, 0.2) is 0 Å². The van der Waals surface area contributed by atoms with Gasteiger partial charge in [0, 0.05) is 29.9 Å². The number of benzene rings is 1. The summed E-state index contributed by atoms with van der Waals surface area (Å²) >= 11 is 5.79. The van der Waals surface area contributed by atoms with Gasteiger partial charge < -0.3 is 14.8 Å². The van der Waals surface area contributed by atoms with Crippen LogP contribution in [0.3, 0.4) is 0 Å². The lowest BCUT2D eigenvalue weighted by Crippen LogP contribution is -2.05. The van der Waals surface area contributed by atoms with E-state index in [4.69, 9.17) is 21.1 Å². The molecular weight excluding hydrogens is 278 g/mol. The van der Waals surface area contributed by atoms with Gasteiger partial charge in [-0.15, -0.1) is 0 Å². The molecule has 5 nitrogen and oxygen atoms in total. The summed E-state index contributed by atoms with van der Waals surface area (Å²) in [6.07, 6.45) is 1.68. The van der Waals surface area contributed by atoms with Crippen LogP contribution in [0, 0.1) is 6.92 Å². The van der Waals surface area contributed by atoms with E-state index in [9.17, 15) is 0 Å². The van der Waals surface area contributed by atoms with E-state index in [1.807, 2.05) is 25.1 Å². The van der Waals surface area contributed by atoms with Crippen molar-refractivity contribution in [2.45, 2.75) is 13.5 Å². The van der Waals surface area contributed by atoms with E-state index in [1.165, 1.54) is 0 Å². The highest BCUT2D eigenvalue weighted by atomic mass is 35.5. The average Bonchev–Trinajstić information content (AvgIpc) is 2.48. The van der Waals surface area contributed by atoms with Crippen LogP contribution in [0.1, 0.15) is 11.1 Å². The molecule has 1 heterocycles. The summed E-state index contributed by atoms with van der Waals surface area (Å²) in [5.41, 5.74) is 1.93. The zero-order valence-electron chi connectivity index (χ0n) is 11.6. The number of ether oxygens (including phenoxy) is 2. The molecule has 20 heavy (non-hydrogen) atoms. The Morgan fingerprint density at radius 3 is 2.75 bits per heavy atom. The molecule has 6 heteroatoms. The van der Waals surface area contributed by atoms with E-state index in [1.54, 1.807) is 20.4 Å². The van der Waals surface area contributed by atoms with Gasteiger partial charge in [-0.2, -0.15) is 0 Å². The van der Waals surface area contributed by atoms with Crippen LogP contribution in [0.15, 0.2) is 24.4 Å². The molecule has 0 fully saturated rings. The molecule has 2 rings (SSSR count). The minimum Gasteiger partial charge on any atom is -0.497 e. The maximum Gasteiger partial charge on any atom is 0.224 e. The van der Waals surface area contributed by atoms with Crippen LogP contribution < -0.4 is 14.8 Å². The third-order valence-electron chi connectivity index (χ3n) is 2.88. The summed E-state index contributed by atoms with van der Waals surface area (Å²) in [6, 6.07) is 5.68. The minimum atomic E-state index is 0.222. The fraction of sp³-hybridized carbons (Fsp3) is 0.286. The lowest BCUT2D eigenvalue weighted by atomic mass is 10.2. The van der Waals surface area contributed by atoms with Gasteiger partial charge in [0.25, 0.3) is 0 Å². The normalized spacial score (nSPS) is 10.2. The largest absolute Gasteiger partial charge is 0.497 e. The minimum absolute atomic E-state index is 0.222. The molecule has 0 amide bonds. The zero-order valence-corrected chi connectivity index (χ0v) is 12.4. The molecule has 0 aliphatic heterocycles. The van der Waals surface area contributed by atoms with E-state index >= 15 is 0 Å². The third-order valence-corrected chi connectivity index (χ3v) is 3.06. The molecule has 0 aliphatic carbocycles. The van der Waals surface area contributed by atoms with E-state index in [-0.39, 0.29) is 5.28 Å². The molecule has 2 aromatic rings. The van der Waals surface area contributed by atoms with Crippen molar-refractivity contribution in [1.29, 1.82) is 0 Å². The Morgan fingerprint density at radius 1 is 1.25 bits per heavy atom. The molecule has 0 bridgehead atoms. The summed E-state index contributed by atoms with van der Waals surface area (Å²) in [6.45, 7) is 2.49. The molecular formula is C14H16ClN3O2. The average molecular weight is 294 g/mol. The topological polar surface area (TPSA) is 56.3 Å². The molecule has 1 N–H and O–H groups in total. The number of methoxy groups -OCH3 is 2. The summed E-state index contributed by atoms with van der Waals surface area (Å²) in [5, 5.41) is 3.45. The monoisotopic (exact) mass is 293 g/mol. The Balaban J connectivity index is 2.16. The van der Waals surface area contributed by atoms with Crippen molar-refractivity contribution >= 4 is 17.4 Å². The van der Waals surface area contributed by atoms with Crippen LogP contribution in [-0.2, 0) is 6.54 Å². The lowest BCUT2D eigenvalue weighted by Gasteiger charge is -2.12. The Bertz CT molecular complexity index is 605. The number of anilines is 1. The van der Waals surface area contributed by atoms with Crippen molar-refractivity contribution in [3.05, 3.63) is 40.8 Å². The molecule has 0 aliphatic rings. The quantitative estimate of drug-likeness (QED) is 0.859. The second-order valence-electron chi connectivity index (χ2n) is 4.20. The third kappa shape index (κ3) is 3.30. The first-order chi connectivity index (χ1) is 9.63. The van der Waals surface area contributed by atoms with Crippen molar-refractivity contribution < 1.29 is 9.47 Å². The van der Waals surface area contributed by atoms with Crippen LogP contribution in [-0.4, -0.2) is 24.2 Å². The van der Waals surface area contributed by atoms with E-state index < -0.39 is 0 Å². The summed E-state index contributed by atoms with van der Waals surface area (Å²) in [7, 11) is 3.25. The number of aromatic nitrogens is 2. The fourth-order valence-electron chi connectivity index (χ4n) is 1.78. The second-order valence-corrected chi connectivity index (χ2v) is 4.54. The van der Waals surface area contributed by atoms with Crippen LogP contribution in [0.25, 0.3) is 0 Å². The first-order valence-corrected chi connectivity index (χ1v) is 6.45. The Kier molecular flexibility index (Phi) is 4.63. The molecule has 0 saturated heterocycles. The van der Waals surface area contributed by atoms with Crippen LogP contribution in [0.2, 0.25) is 5.28 Å². The summed E-state index contributed by atoms with van der Waals surface area (Å²) in [4.78, 5) is 8.08. The van der Waals surface area contributed by atoms with Crippen molar-refractivity contribution in [2.24, 2.45) is 0 Å². The molecule has 0 saturated carbocycles. The van der Waals surface area contributed by atoms with Crippen LogP contribution in [0.4, 0.5) is 5.82 Å². The van der Waals surface area contributed by atoms with Gasteiger partial charge in [-0.3, -0.25) is 0 Å². The van der Waals surface area contributed by atoms with Crippen LogP contribution >= 0.6 is 11.6 Å². The van der Waals surface area contributed by atoms with E-state index in [0.29, 0.717) is 12.4 Å². The highest BCUT2D eigenvalue weighted by Gasteiger charge is 2.07. The van der Waals surface area contributed by atoms with E-state index in [2.05, 4.69) is 15.3 Å². The van der Waals surface area contributed by atoms with E-state index in [0.717, 1.165) is 22.6 Å². The highest BCUT2D eigenvalue weighted by molar-refractivity contribution is 6.28. The van der Waals surface area contributed by atoms with Gasteiger partial charge in [-0.1, -0.05) is 0 Å². The molecule has 0 unspecified atom stereocenters. The Labute approximate surface area is 122 Å². The number of hydrogen-bond donors (Lipinski definition) is 1. The predicted molar refractivity (Wildman–Crippen MR) is 78.7 cm³/mol. The SMILES string of the molecule is COc1ccc(CNc2nc(Cl)ncc2C)c(OC)c1. The Hall–Kier alpha value is -2.01. The number of aryl methyl sites for hydroxylation is 1. The number of halogens is 1. The van der Waals surface area contributed by atoms with Gasteiger partial charge in [0.05, 0.1) is 14.2 Å². The summed E-state index contributed by atoms with van der Waals surface area (Å²) in [5.74, 6) is 2.23. The number of nitrogens with zero attached hydrogens (tertiary/aromatic N) is 2. The summed E-state index contributed by atoms with van der Waals surface area (Å²) < 4.78 is 10.5. The van der Waals surface area contributed by atoms with Gasteiger partial charge >= 0.3 is 0 Å². The number of hydrogen-bond acceptors (Lipinski definition) is 5. The first kappa shape index (κ1) is 14.4. The van der Waals surface area contributed by atoms with Gasteiger partial charge in [-0.25, -0.2) is 9.97 Å². The fourth-order valence-corrected chi connectivity index (χ4v) is 1.91. The first-order valence-electron chi connectivity index (χ1n) is 6.08. The molecule has 0 spiro atoms. The maximum atomic E-state index is 5.79. The molecule has 0 atom stereocenters. The van der Waals surface area contributed by atoms with Crippen molar-refractivity contribution in [1.82, 2.24) is 9.97 Å². The lowest BCUT2D eigenvalue weighted by molar-refractivity contribution is 0.391. The van der Waals surface area contributed by atoms with Gasteiger partial charge in [0.2, 0.25) is 5.28 Å². The zero-order chi connectivity index (χ0) is 14.5. The molecule has 1 aromatic heterocycles. The highest BCUT2D eigenvalue weighted by Crippen LogP contribution is 2.25. The van der Waals surface area contributed by atoms with Gasteiger partial charge in [-0.05, 0) is 30.7 Å². The van der Waals surface area contributed by atoms with Crippen molar-refractivity contribution in [2.75, 3.05) is 19.5 Å². The standard InChI is InChI=1S/C14H16ClN3O2/c1-9-7-17-14(15)18-13(9)16-8-10-4-5-11(19-2)6-12(10)20-3/h4-7H,8H2,1-3H3,(H,16,17,18). The Morgan fingerprint density at radius 2 is 2.05 bits per heavy atom. The number of rotatable bonds is 5. The molecule has 0 radical (unpaired) electrons. The molecule has 1 aromatic carbocycles. The van der Waals surface area contributed by atoms with Crippen LogP contribution in [0.5, 0.6) is 11.5 Å². The number of nitrogens with one attached hydrogen (secondary N) is 1. The van der Waals surface area contributed by atoms with Crippen molar-refractivity contribution in [3.63, 3.8) is 0 Å². The molecule has 106 valence electrons. The smallest absolute Gasteiger partial charge is 0.224 e. The van der Waals surface area contributed by atoms with Gasteiger partial charge in [0.1, 0.15) is 17.3 Å². The van der Waals surface area contributed by atoms with Crippen molar-refractivity contribution in [3.8, 4) is 11.5 Å².